The highest BCUT2D eigenvalue weighted by Gasteiger charge is 2.26. The molecule has 1 N–H and O–H groups in total. The van der Waals surface area contributed by atoms with Crippen LogP contribution in [0.4, 0.5) is 5.69 Å². The SMILES string of the molecule is CCC1CCCCN1C(=O)CC(=O)Nc1cc(Cl)ccc1C. The molecule has 1 atom stereocenters. The van der Waals surface area contributed by atoms with Gasteiger partial charge in [0.1, 0.15) is 6.42 Å². The van der Waals surface area contributed by atoms with Gasteiger partial charge >= 0.3 is 0 Å². The zero-order valence-corrected chi connectivity index (χ0v) is 13.9. The molecule has 0 radical (unpaired) electrons. The van der Waals surface area contributed by atoms with Crippen molar-refractivity contribution in [2.45, 2.75) is 52.0 Å². The van der Waals surface area contributed by atoms with E-state index in [1.807, 2.05) is 17.9 Å². The third kappa shape index (κ3) is 4.23. The average Bonchev–Trinajstić information content (AvgIpc) is 2.50. The molecule has 1 unspecified atom stereocenters. The van der Waals surface area contributed by atoms with Crippen LogP contribution in [0.15, 0.2) is 18.2 Å². The minimum absolute atomic E-state index is 0.0799. The average molecular weight is 323 g/mol. The predicted molar refractivity (Wildman–Crippen MR) is 89.1 cm³/mol. The van der Waals surface area contributed by atoms with Crippen molar-refractivity contribution >= 4 is 29.1 Å². The maximum atomic E-state index is 12.4. The molecule has 1 fully saturated rings. The number of amides is 2. The van der Waals surface area contributed by atoms with E-state index < -0.39 is 0 Å². The van der Waals surface area contributed by atoms with E-state index in [2.05, 4.69) is 12.2 Å². The normalized spacial score (nSPS) is 18.1. The Balaban J connectivity index is 1.96. The summed E-state index contributed by atoms with van der Waals surface area (Å²) in [6.07, 6.45) is 4.06. The molecule has 1 aliphatic rings. The number of likely N-dealkylation sites (tertiary alicyclic amines) is 1. The molecule has 120 valence electrons. The molecule has 1 heterocycles. The van der Waals surface area contributed by atoms with E-state index in [9.17, 15) is 9.59 Å². The maximum absolute atomic E-state index is 12.4. The van der Waals surface area contributed by atoms with Gasteiger partial charge in [0.05, 0.1) is 0 Å². The molecule has 0 spiro atoms. The molecule has 1 aliphatic heterocycles. The second kappa shape index (κ2) is 7.63. The zero-order chi connectivity index (χ0) is 16.1. The van der Waals surface area contributed by atoms with Crippen molar-refractivity contribution in [1.29, 1.82) is 0 Å². The Labute approximate surface area is 136 Å². The molecule has 0 bridgehead atoms. The first-order valence-corrected chi connectivity index (χ1v) is 8.24. The van der Waals surface area contributed by atoms with E-state index in [1.54, 1.807) is 12.1 Å². The third-order valence-electron chi connectivity index (χ3n) is 4.20. The minimum atomic E-state index is -0.282. The molecule has 4 nitrogen and oxygen atoms in total. The number of rotatable bonds is 4. The zero-order valence-electron chi connectivity index (χ0n) is 13.2. The lowest BCUT2D eigenvalue weighted by atomic mass is 9.99. The molecule has 1 aromatic carbocycles. The Morgan fingerprint density at radius 2 is 2.14 bits per heavy atom. The minimum Gasteiger partial charge on any atom is -0.339 e. The Morgan fingerprint density at radius 1 is 1.36 bits per heavy atom. The number of aryl methyl sites for hydroxylation is 1. The van der Waals surface area contributed by atoms with Crippen molar-refractivity contribution in [3.63, 3.8) is 0 Å². The highest BCUT2D eigenvalue weighted by Crippen LogP contribution is 2.22. The Bertz CT molecular complexity index is 560. The van der Waals surface area contributed by atoms with Gasteiger partial charge in [-0.15, -0.1) is 0 Å². The van der Waals surface area contributed by atoms with Crippen LogP contribution in [-0.2, 0) is 9.59 Å². The molecule has 2 rings (SSSR count). The molecule has 2 amide bonds. The number of hydrogen-bond donors (Lipinski definition) is 1. The lowest BCUT2D eigenvalue weighted by Crippen LogP contribution is -2.44. The Hall–Kier alpha value is -1.55. The monoisotopic (exact) mass is 322 g/mol. The second-order valence-electron chi connectivity index (χ2n) is 5.83. The van der Waals surface area contributed by atoms with Gasteiger partial charge in [0, 0.05) is 23.3 Å². The highest BCUT2D eigenvalue weighted by molar-refractivity contribution is 6.31. The lowest BCUT2D eigenvalue weighted by Gasteiger charge is -2.35. The summed E-state index contributed by atoms with van der Waals surface area (Å²) in [7, 11) is 0. The van der Waals surface area contributed by atoms with Gasteiger partial charge in [-0.3, -0.25) is 9.59 Å². The quantitative estimate of drug-likeness (QED) is 0.858. The van der Waals surface area contributed by atoms with E-state index in [-0.39, 0.29) is 24.3 Å². The predicted octanol–water partition coefficient (Wildman–Crippen LogP) is 3.77. The number of nitrogens with zero attached hydrogens (tertiary/aromatic N) is 1. The van der Waals surface area contributed by atoms with E-state index >= 15 is 0 Å². The maximum Gasteiger partial charge on any atom is 0.233 e. The Kier molecular flexibility index (Phi) is 5.83. The van der Waals surface area contributed by atoms with Crippen LogP contribution < -0.4 is 5.32 Å². The standard InChI is InChI=1S/C17H23ClN2O2/c1-3-14-6-4-5-9-20(14)17(22)11-16(21)19-15-10-13(18)8-7-12(15)2/h7-8,10,14H,3-6,9,11H2,1-2H3,(H,19,21). The summed E-state index contributed by atoms with van der Waals surface area (Å²) in [5.74, 6) is -0.362. The number of carbonyl (C=O) groups excluding carboxylic acids is 2. The molecule has 1 saturated heterocycles. The van der Waals surface area contributed by atoms with Crippen molar-refractivity contribution in [3.05, 3.63) is 28.8 Å². The van der Waals surface area contributed by atoms with Gasteiger partial charge in [0.15, 0.2) is 0 Å². The van der Waals surface area contributed by atoms with Crippen molar-refractivity contribution < 1.29 is 9.59 Å². The summed E-state index contributed by atoms with van der Waals surface area (Å²) in [6.45, 7) is 4.75. The lowest BCUT2D eigenvalue weighted by molar-refractivity contribution is -0.137. The molecule has 0 saturated carbocycles. The van der Waals surface area contributed by atoms with Crippen molar-refractivity contribution in [3.8, 4) is 0 Å². The number of halogens is 1. The summed E-state index contributed by atoms with van der Waals surface area (Å²) in [5.41, 5.74) is 1.59. The van der Waals surface area contributed by atoms with Gasteiger partial charge in [0.2, 0.25) is 11.8 Å². The largest absolute Gasteiger partial charge is 0.339 e. The number of nitrogens with one attached hydrogen (secondary N) is 1. The number of piperidine rings is 1. The fraction of sp³-hybridized carbons (Fsp3) is 0.529. The second-order valence-corrected chi connectivity index (χ2v) is 6.27. The van der Waals surface area contributed by atoms with Crippen molar-refractivity contribution in [2.75, 3.05) is 11.9 Å². The smallest absolute Gasteiger partial charge is 0.233 e. The van der Waals surface area contributed by atoms with Crippen LogP contribution in [0.1, 0.15) is 44.6 Å². The van der Waals surface area contributed by atoms with Crippen LogP contribution in [0.3, 0.4) is 0 Å². The molecular weight excluding hydrogens is 300 g/mol. The topological polar surface area (TPSA) is 49.4 Å². The van der Waals surface area contributed by atoms with E-state index in [4.69, 9.17) is 11.6 Å². The first-order chi connectivity index (χ1) is 10.5. The van der Waals surface area contributed by atoms with Gasteiger partial charge in [-0.2, -0.15) is 0 Å². The fourth-order valence-corrected chi connectivity index (χ4v) is 3.09. The van der Waals surface area contributed by atoms with E-state index in [0.29, 0.717) is 10.7 Å². The fourth-order valence-electron chi connectivity index (χ4n) is 2.92. The summed E-state index contributed by atoms with van der Waals surface area (Å²) in [4.78, 5) is 26.4. The highest BCUT2D eigenvalue weighted by atomic mass is 35.5. The molecular formula is C17H23ClN2O2. The van der Waals surface area contributed by atoms with Crippen molar-refractivity contribution in [2.24, 2.45) is 0 Å². The van der Waals surface area contributed by atoms with E-state index in [0.717, 1.165) is 37.8 Å². The van der Waals surface area contributed by atoms with Gasteiger partial charge in [-0.1, -0.05) is 24.6 Å². The molecule has 5 heteroatoms. The number of benzene rings is 1. The first-order valence-electron chi connectivity index (χ1n) is 7.86. The van der Waals surface area contributed by atoms with Crippen LogP contribution in [0.2, 0.25) is 5.02 Å². The summed E-state index contributed by atoms with van der Waals surface area (Å²) < 4.78 is 0. The first kappa shape index (κ1) is 16.8. The number of hydrogen-bond acceptors (Lipinski definition) is 2. The van der Waals surface area contributed by atoms with E-state index in [1.165, 1.54) is 0 Å². The third-order valence-corrected chi connectivity index (χ3v) is 4.44. The van der Waals surface area contributed by atoms with Gasteiger partial charge < -0.3 is 10.2 Å². The number of carbonyl (C=O) groups is 2. The summed E-state index contributed by atoms with van der Waals surface area (Å²) >= 11 is 5.94. The molecule has 0 aromatic heterocycles. The summed E-state index contributed by atoms with van der Waals surface area (Å²) in [5, 5.41) is 3.35. The van der Waals surface area contributed by atoms with Crippen molar-refractivity contribution in [1.82, 2.24) is 4.90 Å². The molecule has 22 heavy (non-hydrogen) atoms. The molecule has 0 aliphatic carbocycles. The Morgan fingerprint density at radius 3 is 2.86 bits per heavy atom. The van der Waals surface area contributed by atoms with Gasteiger partial charge in [0.25, 0.3) is 0 Å². The number of anilines is 1. The summed E-state index contributed by atoms with van der Waals surface area (Å²) in [6, 6.07) is 5.60. The van der Waals surface area contributed by atoms with Crippen LogP contribution >= 0.6 is 11.6 Å². The van der Waals surface area contributed by atoms with Crippen LogP contribution in [-0.4, -0.2) is 29.3 Å². The van der Waals surface area contributed by atoms with Crippen LogP contribution in [0.5, 0.6) is 0 Å². The van der Waals surface area contributed by atoms with Gasteiger partial charge in [-0.05, 0) is 50.3 Å². The van der Waals surface area contributed by atoms with Crippen LogP contribution in [0.25, 0.3) is 0 Å². The van der Waals surface area contributed by atoms with Gasteiger partial charge in [-0.25, -0.2) is 0 Å². The molecule has 1 aromatic rings. The van der Waals surface area contributed by atoms with Crippen LogP contribution in [0, 0.1) is 6.92 Å².